The fourth-order valence-corrected chi connectivity index (χ4v) is 15.2. The molecule has 3 fully saturated rings. The molecule has 0 radical (unpaired) electrons. The molecule has 524 valence electrons. The highest BCUT2D eigenvalue weighted by molar-refractivity contribution is 9.11. The molecule has 0 aromatic heterocycles. The van der Waals surface area contributed by atoms with Gasteiger partial charge in [-0.2, -0.15) is 13.7 Å². The Kier molecular flexibility index (Phi) is 29.3. The first kappa shape index (κ1) is 80.8. The zero-order valence-electron chi connectivity index (χ0n) is 58.1. The van der Waals surface area contributed by atoms with Crippen LogP contribution in [0.3, 0.4) is 0 Å². The number of quaternary nitrogens is 1. The molecule has 3 N–H and O–H groups in total. The van der Waals surface area contributed by atoms with Crippen molar-refractivity contribution in [3.05, 3.63) is 223 Å². The molecule has 4 amide bonds. The predicted molar refractivity (Wildman–Crippen MR) is 391 cm³/mol. The Morgan fingerprint density at radius 1 is 0.577 bits per heavy atom. The number of amides is 4. The van der Waals surface area contributed by atoms with E-state index in [0.717, 1.165) is 58.8 Å². The van der Waals surface area contributed by atoms with Gasteiger partial charge in [-0.25, -0.2) is 23.0 Å². The van der Waals surface area contributed by atoms with Crippen molar-refractivity contribution in [3.63, 3.8) is 0 Å². The zero-order chi connectivity index (χ0) is 70.9. The molecule has 6 atom stereocenters. The van der Waals surface area contributed by atoms with Crippen LogP contribution in [0.1, 0.15) is 180 Å². The molecule has 0 bridgehead atoms. The number of cyclic esters (lactones) is 3. The van der Waals surface area contributed by atoms with Gasteiger partial charge in [0.2, 0.25) is 5.91 Å². The summed E-state index contributed by atoms with van der Waals surface area (Å²) in [6, 6.07) is 55.7. The largest absolute Gasteiger partial charge is 0.870 e. The molecular formula is C76H97Br3N6O11S. The highest BCUT2D eigenvalue weighted by atomic mass is 79.9. The highest BCUT2D eigenvalue weighted by Gasteiger charge is 2.49. The maximum Gasteiger partial charge on any atom is 0.411 e. The molecule has 0 saturated carbocycles. The third-order valence-corrected chi connectivity index (χ3v) is 22.2. The summed E-state index contributed by atoms with van der Waals surface area (Å²) in [6.45, 7) is 29.6. The fraction of sp³-hybridized carbons (Fsp3) is 0.434. The number of carbonyl (C=O) groups excluding carboxylic acids is 4. The van der Waals surface area contributed by atoms with Crippen LogP contribution in [-0.2, 0) is 46.0 Å². The van der Waals surface area contributed by atoms with Gasteiger partial charge in [-0.05, 0) is 146 Å². The number of halogens is 3. The van der Waals surface area contributed by atoms with Crippen LogP contribution in [0.2, 0.25) is 0 Å². The Bertz CT molecular complexity index is 3700. The minimum Gasteiger partial charge on any atom is -0.870 e. The second-order valence-electron chi connectivity index (χ2n) is 26.4. The number of nitrogens with zero attached hydrogens (tertiary/aromatic N) is 5. The topological polar surface area (TPSA) is 226 Å². The van der Waals surface area contributed by atoms with E-state index in [1.54, 1.807) is 30.6 Å². The van der Waals surface area contributed by atoms with Gasteiger partial charge in [0.25, 0.3) is 0 Å². The standard InChI is InChI=1S/C23H25BrN2O2.C22H26BrNO3.C22H24BrNO2.C9H20N2O3S.H2O/c1-17(18-9-11-20(24)12-10-18)26-14-13-23(28-21(26)27,15-22(2,3)16-25)19-7-5-4-6-8-19;1-16(17-9-11-19(23)12-10-17)24-14-13-22(27-20(24)25,15-21(2,3)26)18-7-5-4-6-8-18;1-16(2)15-22(19-7-5-4-6-8-19)13-14-24(21(25)26-22)17(3)18-9-11-20(23)12-10-18;1-5-9(12)10-15(13,14)11(6-2,7-3)8-4;/h4-12,17H,13-15H2,1-3H3;4-12,16,26H,13-15H2,1-3H3;4-12,17H,1,13-15H2,2-3H3;5-8H2,1-4H3;1H2/t17-,23-;16-,22-;17-,22-;;/m000../s1. The van der Waals surface area contributed by atoms with Gasteiger partial charge in [-0.3, -0.25) is 4.79 Å². The van der Waals surface area contributed by atoms with Gasteiger partial charge >= 0.3 is 28.5 Å². The van der Waals surface area contributed by atoms with Crippen molar-refractivity contribution in [2.75, 3.05) is 39.3 Å². The minimum atomic E-state index is -3.61. The maximum absolute atomic E-state index is 13.1. The van der Waals surface area contributed by atoms with Crippen LogP contribution < -0.4 is 4.72 Å². The summed E-state index contributed by atoms with van der Waals surface area (Å²) in [6.07, 6.45) is 2.72. The third kappa shape index (κ3) is 21.1. The Labute approximate surface area is 601 Å². The van der Waals surface area contributed by atoms with Crippen molar-refractivity contribution in [1.82, 2.24) is 19.4 Å². The molecule has 17 nitrogen and oxygen atoms in total. The van der Waals surface area contributed by atoms with Gasteiger partial charge in [0.1, 0.15) is 16.8 Å². The maximum atomic E-state index is 13.1. The van der Waals surface area contributed by atoms with Gasteiger partial charge < -0.3 is 39.5 Å². The van der Waals surface area contributed by atoms with E-state index in [9.17, 15) is 38.0 Å². The number of benzene rings is 6. The van der Waals surface area contributed by atoms with E-state index in [2.05, 4.69) is 65.2 Å². The number of nitrogens with one attached hydrogen (secondary N) is 1. The Morgan fingerprint density at radius 3 is 1.15 bits per heavy atom. The van der Waals surface area contributed by atoms with Crippen molar-refractivity contribution in [1.29, 1.82) is 5.26 Å². The summed E-state index contributed by atoms with van der Waals surface area (Å²) < 4.78 is 47.2. The predicted octanol–water partition coefficient (Wildman–Crippen LogP) is 18.3. The van der Waals surface area contributed by atoms with E-state index >= 15 is 0 Å². The molecule has 9 rings (SSSR count). The van der Waals surface area contributed by atoms with E-state index in [1.165, 1.54) is 0 Å². The number of nitriles is 1. The van der Waals surface area contributed by atoms with Crippen molar-refractivity contribution in [2.24, 2.45) is 5.41 Å². The number of hydrogen-bond donors (Lipinski definition) is 2. The second kappa shape index (κ2) is 35.2. The van der Waals surface area contributed by atoms with Crippen LogP contribution in [0.15, 0.2) is 189 Å². The van der Waals surface area contributed by atoms with Gasteiger partial charge in [0.15, 0.2) is 0 Å². The molecule has 3 saturated heterocycles. The fourth-order valence-electron chi connectivity index (χ4n) is 12.8. The summed E-state index contributed by atoms with van der Waals surface area (Å²) in [5.41, 5.74) is 3.36. The summed E-state index contributed by atoms with van der Waals surface area (Å²) in [5, 5.41) is 20.0. The minimum absolute atomic E-state index is 0. The highest BCUT2D eigenvalue weighted by Crippen LogP contribution is 2.46. The molecule has 0 spiro atoms. The first-order chi connectivity index (χ1) is 45.3. The molecule has 3 heterocycles. The molecule has 97 heavy (non-hydrogen) atoms. The molecule has 0 unspecified atom stereocenters. The van der Waals surface area contributed by atoms with Crippen LogP contribution in [0.25, 0.3) is 0 Å². The van der Waals surface area contributed by atoms with E-state index in [-0.39, 0.29) is 52.2 Å². The Balaban J connectivity index is 0.000000238. The lowest BCUT2D eigenvalue weighted by Gasteiger charge is -2.45. The smallest absolute Gasteiger partial charge is 0.411 e. The van der Waals surface area contributed by atoms with E-state index < -0.39 is 43.9 Å². The average molecular weight is 1540 g/mol. The number of aliphatic hydroxyl groups is 1. The first-order valence-electron chi connectivity index (χ1n) is 32.9. The molecule has 3 aliphatic heterocycles. The van der Waals surface area contributed by atoms with E-state index in [1.807, 2.05) is 231 Å². The van der Waals surface area contributed by atoms with Crippen LogP contribution in [0.5, 0.6) is 0 Å². The Hall–Kier alpha value is -6.90. The molecular weight excluding hydrogens is 1440 g/mol. The van der Waals surface area contributed by atoms with Crippen molar-refractivity contribution in [3.8, 4) is 6.07 Å². The van der Waals surface area contributed by atoms with Crippen LogP contribution >= 0.6 is 47.8 Å². The number of carbonyl (C=O) groups is 4. The molecule has 3 aliphatic rings. The number of ether oxygens (including phenoxy) is 3. The Morgan fingerprint density at radius 2 is 0.876 bits per heavy atom. The van der Waals surface area contributed by atoms with Crippen molar-refractivity contribution < 1.29 is 56.3 Å². The van der Waals surface area contributed by atoms with E-state index in [0.29, 0.717) is 71.4 Å². The molecule has 21 heteroatoms. The van der Waals surface area contributed by atoms with E-state index in [4.69, 9.17) is 14.2 Å². The monoisotopic (exact) mass is 1540 g/mol. The molecule has 6 aromatic carbocycles. The normalized spacial score (nSPS) is 19.7. The zero-order valence-corrected chi connectivity index (χ0v) is 63.6. The number of rotatable bonds is 21. The van der Waals surface area contributed by atoms with Crippen molar-refractivity contribution >= 4 is 82.2 Å². The third-order valence-electron chi connectivity index (χ3n) is 18.3. The lowest BCUT2D eigenvalue weighted by Crippen LogP contribution is -2.58. The van der Waals surface area contributed by atoms with Gasteiger partial charge in [-0.15, -0.1) is 0 Å². The lowest BCUT2D eigenvalue weighted by molar-refractivity contribution is -0.801. The van der Waals surface area contributed by atoms with Crippen molar-refractivity contribution in [2.45, 2.75) is 169 Å². The second-order valence-corrected chi connectivity index (χ2v) is 31.0. The molecule has 6 aromatic rings. The van der Waals surface area contributed by atoms with Crippen LogP contribution in [0, 0.1) is 16.7 Å². The summed E-state index contributed by atoms with van der Waals surface area (Å²) >= 11 is 10.3. The summed E-state index contributed by atoms with van der Waals surface area (Å²) in [5.74, 6) is -0.451. The summed E-state index contributed by atoms with van der Waals surface area (Å²) in [7, 11) is -3.61. The SMILES string of the molecule is C=C(C)C[C@]1(c2ccccc2)CCN([C@@H](C)c2ccc(Br)cc2)C(=O)O1.CCC(=O)NS(=O)(=O)[N+](CC)(CC)CC.C[C@@H](c1ccc(Br)cc1)N1CC[C@](CC(C)(C)C#N)(c2ccccc2)OC1=O.C[C@@H](c1ccc(Br)cc1)N1CC[C@](CC(C)(C)O)(c2ccccc2)OC1=O.[OH-]. The number of hydrogen-bond acceptors (Lipinski definition) is 12. The van der Waals surface area contributed by atoms with Crippen LogP contribution in [0.4, 0.5) is 14.4 Å². The quantitative estimate of drug-likeness (QED) is 0.0390. The van der Waals surface area contributed by atoms with Gasteiger partial charge in [0, 0.05) is 78.0 Å². The van der Waals surface area contributed by atoms with Gasteiger partial charge in [-0.1, -0.05) is 194 Å². The summed E-state index contributed by atoms with van der Waals surface area (Å²) in [4.78, 5) is 55.4. The van der Waals surface area contributed by atoms with Crippen LogP contribution in [-0.4, -0.2) is 107 Å². The lowest BCUT2D eigenvalue weighted by atomic mass is 9.75. The van der Waals surface area contributed by atoms with Gasteiger partial charge in [0.05, 0.1) is 54.8 Å². The average Bonchev–Trinajstić information content (AvgIpc) is 0.790. The molecule has 0 aliphatic carbocycles. The first-order valence-corrected chi connectivity index (χ1v) is 36.7.